The molecular weight excluding hydrogens is 328 g/mol. The van der Waals surface area contributed by atoms with Gasteiger partial charge in [-0.3, -0.25) is 4.79 Å². The van der Waals surface area contributed by atoms with Gasteiger partial charge < -0.3 is 19.9 Å². The average molecular weight is 349 g/mol. The Balaban J connectivity index is 2.02. The Labute approximate surface area is 147 Å². The fraction of sp³-hybridized carbons (Fsp3) is 0.412. The van der Waals surface area contributed by atoms with Crippen LogP contribution in [0.4, 0.5) is 5.69 Å². The maximum Gasteiger partial charge on any atom is 0.267 e. The number of anilines is 1. The minimum absolute atomic E-state index is 0.0758. The van der Waals surface area contributed by atoms with Crippen molar-refractivity contribution in [3.63, 3.8) is 0 Å². The third kappa shape index (κ3) is 4.63. The van der Waals surface area contributed by atoms with E-state index in [1.54, 1.807) is 24.4 Å². The van der Waals surface area contributed by atoms with Crippen LogP contribution in [0.3, 0.4) is 0 Å². The molecule has 0 aromatic heterocycles. The molecule has 0 spiro atoms. The lowest BCUT2D eigenvalue weighted by Crippen LogP contribution is -2.44. The zero-order valence-corrected chi connectivity index (χ0v) is 14.6. The van der Waals surface area contributed by atoms with Crippen LogP contribution in [0.2, 0.25) is 5.02 Å². The first-order valence-electron chi connectivity index (χ1n) is 7.80. The van der Waals surface area contributed by atoms with Crippen molar-refractivity contribution >= 4 is 23.2 Å². The van der Waals surface area contributed by atoms with Crippen molar-refractivity contribution < 1.29 is 9.53 Å². The third-order valence-corrected chi connectivity index (χ3v) is 4.24. The second kappa shape index (κ2) is 8.57. The molecular formula is C17H21ClN4O2. The van der Waals surface area contributed by atoms with Crippen molar-refractivity contribution in [3.05, 3.63) is 35.0 Å². The van der Waals surface area contributed by atoms with Crippen molar-refractivity contribution in [3.8, 4) is 11.8 Å². The largest absolute Gasteiger partial charge is 0.495 e. The number of hydrogen-bond acceptors (Lipinski definition) is 5. The van der Waals surface area contributed by atoms with Crippen LogP contribution in [0.25, 0.3) is 0 Å². The minimum atomic E-state index is -0.448. The molecule has 1 aromatic rings. The monoisotopic (exact) mass is 348 g/mol. The van der Waals surface area contributed by atoms with Crippen LogP contribution in [-0.4, -0.2) is 55.5 Å². The molecule has 0 radical (unpaired) electrons. The number of piperazine rings is 1. The van der Waals surface area contributed by atoms with Gasteiger partial charge in [-0.2, -0.15) is 5.26 Å². The van der Waals surface area contributed by atoms with Gasteiger partial charge in [-0.05, 0) is 24.7 Å². The van der Waals surface area contributed by atoms with Crippen molar-refractivity contribution in [1.82, 2.24) is 9.80 Å². The summed E-state index contributed by atoms with van der Waals surface area (Å²) in [6.07, 6.45) is 1.63. The molecule has 24 heavy (non-hydrogen) atoms. The Hall–Kier alpha value is -2.23. The average Bonchev–Trinajstić information content (AvgIpc) is 2.60. The minimum Gasteiger partial charge on any atom is -0.495 e. The quantitative estimate of drug-likeness (QED) is 0.653. The summed E-state index contributed by atoms with van der Waals surface area (Å²) in [6.45, 7) is 6.62. The van der Waals surface area contributed by atoms with Crippen molar-refractivity contribution in [2.75, 3.05) is 45.2 Å². The van der Waals surface area contributed by atoms with Crippen LogP contribution in [0, 0.1) is 11.3 Å². The molecule has 0 aliphatic carbocycles. The normalized spacial score (nSPS) is 15.8. The second-order valence-electron chi connectivity index (χ2n) is 5.43. The molecule has 1 aliphatic heterocycles. The number of nitrogens with one attached hydrogen (secondary N) is 1. The zero-order valence-electron chi connectivity index (χ0n) is 13.9. The van der Waals surface area contributed by atoms with E-state index < -0.39 is 5.91 Å². The van der Waals surface area contributed by atoms with Crippen LogP contribution in [0.5, 0.6) is 5.75 Å². The van der Waals surface area contributed by atoms with E-state index in [2.05, 4.69) is 17.1 Å². The number of amides is 1. The number of hydrogen-bond donors (Lipinski definition) is 1. The maximum atomic E-state index is 12.3. The fourth-order valence-corrected chi connectivity index (χ4v) is 2.73. The molecule has 1 saturated heterocycles. The van der Waals surface area contributed by atoms with Gasteiger partial charge >= 0.3 is 0 Å². The standard InChI is InChI=1S/C17H21ClN4O2/c1-3-21-6-8-22(9-7-21)12-13(11-19)17(23)20-14-4-5-16(24-2)15(18)10-14/h4-5,10,12H,3,6-9H2,1-2H3,(H,20,23)/b13-12-. The van der Waals surface area contributed by atoms with Crippen LogP contribution in [0.1, 0.15) is 6.92 Å². The van der Waals surface area contributed by atoms with E-state index in [0.29, 0.717) is 16.5 Å². The summed E-state index contributed by atoms with van der Waals surface area (Å²) < 4.78 is 5.07. The molecule has 1 fully saturated rings. The van der Waals surface area contributed by atoms with Crippen LogP contribution in [-0.2, 0) is 4.79 Å². The lowest BCUT2D eigenvalue weighted by molar-refractivity contribution is -0.112. The number of carbonyl (C=O) groups is 1. The summed E-state index contributed by atoms with van der Waals surface area (Å²) in [5.74, 6) is 0.0798. The topological polar surface area (TPSA) is 68.6 Å². The summed E-state index contributed by atoms with van der Waals surface area (Å²) in [5.41, 5.74) is 0.592. The number of halogens is 1. The van der Waals surface area contributed by atoms with E-state index in [9.17, 15) is 10.1 Å². The molecule has 1 aliphatic rings. The highest BCUT2D eigenvalue weighted by Gasteiger charge is 2.16. The van der Waals surface area contributed by atoms with Crippen LogP contribution in [0.15, 0.2) is 30.0 Å². The van der Waals surface area contributed by atoms with Gasteiger partial charge in [0.05, 0.1) is 12.1 Å². The van der Waals surface area contributed by atoms with E-state index in [0.717, 1.165) is 32.7 Å². The highest BCUT2D eigenvalue weighted by atomic mass is 35.5. The lowest BCUT2D eigenvalue weighted by Gasteiger charge is -2.33. The predicted octanol–water partition coefficient (Wildman–Crippen LogP) is 2.33. The number of carbonyl (C=O) groups excluding carboxylic acids is 1. The maximum absolute atomic E-state index is 12.3. The van der Waals surface area contributed by atoms with Gasteiger partial charge in [-0.15, -0.1) is 0 Å². The van der Waals surface area contributed by atoms with Crippen LogP contribution >= 0.6 is 11.6 Å². The van der Waals surface area contributed by atoms with Gasteiger partial charge in [0.15, 0.2) is 0 Å². The van der Waals surface area contributed by atoms with Crippen LogP contribution < -0.4 is 10.1 Å². The van der Waals surface area contributed by atoms with Crippen molar-refractivity contribution in [1.29, 1.82) is 5.26 Å². The molecule has 128 valence electrons. The summed E-state index contributed by atoms with van der Waals surface area (Å²) in [5, 5.41) is 12.4. The molecule has 1 amide bonds. The predicted molar refractivity (Wildman–Crippen MR) is 94.0 cm³/mol. The SMILES string of the molecule is CCN1CCN(/C=C(/C#N)C(=O)Nc2ccc(OC)c(Cl)c2)CC1. The smallest absolute Gasteiger partial charge is 0.267 e. The second-order valence-corrected chi connectivity index (χ2v) is 5.84. The Bertz CT molecular complexity index is 661. The molecule has 0 unspecified atom stereocenters. The van der Waals surface area contributed by atoms with Gasteiger partial charge in [-0.25, -0.2) is 0 Å². The van der Waals surface area contributed by atoms with Crippen molar-refractivity contribution in [2.45, 2.75) is 6.92 Å². The van der Waals surface area contributed by atoms with Gasteiger partial charge in [0.2, 0.25) is 0 Å². The van der Waals surface area contributed by atoms with E-state index in [1.165, 1.54) is 7.11 Å². The number of methoxy groups -OCH3 is 1. The first-order chi connectivity index (χ1) is 11.6. The Morgan fingerprint density at radius 2 is 2.12 bits per heavy atom. The van der Waals surface area contributed by atoms with Gasteiger partial charge in [0.1, 0.15) is 17.4 Å². The first-order valence-corrected chi connectivity index (χ1v) is 8.18. The van der Waals surface area contributed by atoms with E-state index in [-0.39, 0.29) is 5.57 Å². The van der Waals surface area contributed by atoms with Crippen molar-refractivity contribution in [2.24, 2.45) is 0 Å². The molecule has 0 saturated carbocycles. The molecule has 6 nitrogen and oxygen atoms in total. The molecule has 0 bridgehead atoms. The van der Waals surface area contributed by atoms with E-state index in [1.807, 2.05) is 11.0 Å². The Kier molecular flexibility index (Phi) is 6.47. The fourth-order valence-electron chi connectivity index (χ4n) is 2.47. The number of likely N-dealkylation sites (N-methyl/N-ethyl adjacent to an activating group) is 1. The number of nitrogens with zero attached hydrogens (tertiary/aromatic N) is 3. The molecule has 1 heterocycles. The van der Waals surface area contributed by atoms with E-state index in [4.69, 9.17) is 16.3 Å². The highest BCUT2D eigenvalue weighted by molar-refractivity contribution is 6.32. The first kappa shape index (κ1) is 18.1. The third-order valence-electron chi connectivity index (χ3n) is 3.94. The zero-order chi connectivity index (χ0) is 17.5. The van der Waals surface area contributed by atoms with Gasteiger partial charge in [0, 0.05) is 38.1 Å². The lowest BCUT2D eigenvalue weighted by atomic mass is 10.2. The highest BCUT2D eigenvalue weighted by Crippen LogP contribution is 2.27. The number of ether oxygens (including phenoxy) is 1. The molecule has 2 rings (SSSR count). The Morgan fingerprint density at radius 1 is 1.42 bits per heavy atom. The molecule has 1 N–H and O–H groups in total. The summed E-state index contributed by atoms with van der Waals surface area (Å²) in [6, 6.07) is 6.90. The van der Waals surface area contributed by atoms with Gasteiger partial charge in [-0.1, -0.05) is 18.5 Å². The summed E-state index contributed by atoms with van der Waals surface area (Å²) in [7, 11) is 1.52. The Morgan fingerprint density at radius 3 is 2.67 bits per heavy atom. The summed E-state index contributed by atoms with van der Waals surface area (Å²) in [4.78, 5) is 16.6. The molecule has 0 atom stereocenters. The molecule has 7 heteroatoms. The van der Waals surface area contributed by atoms with E-state index >= 15 is 0 Å². The van der Waals surface area contributed by atoms with Gasteiger partial charge in [0.25, 0.3) is 5.91 Å². The number of benzene rings is 1. The number of rotatable bonds is 5. The number of nitriles is 1. The molecule has 1 aromatic carbocycles. The summed E-state index contributed by atoms with van der Waals surface area (Å²) >= 11 is 6.04.